The maximum absolute atomic E-state index is 11.3. The molecule has 60 valence electrons. The molecule has 0 bridgehead atoms. The zero-order chi connectivity index (χ0) is 8.55. The fourth-order valence-corrected chi connectivity index (χ4v) is 1.45. The predicted molar refractivity (Wildman–Crippen MR) is 48.3 cm³/mol. The number of nitrogens with zero attached hydrogens (tertiary/aromatic N) is 1. The van der Waals surface area contributed by atoms with Crippen molar-refractivity contribution < 1.29 is 4.79 Å². The molecular formula is C10H9NO. The number of rotatable bonds is 1. The molecule has 1 heterocycles. The highest BCUT2D eigenvalue weighted by molar-refractivity contribution is 6.08. The minimum absolute atomic E-state index is 0.172. The monoisotopic (exact) mass is 159 g/mol. The lowest BCUT2D eigenvalue weighted by molar-refractivity contribution is 0.101. The Morgan fingerprint density at radius 1 is 1.42 bits per heavy atom. The topological polar surface area (TPSA) is 20.3 Å². The molecule has 0 atom stereocenters. The van der Waals surface area contributed by atoms with Crippen molar-refractivity contribution in [3.05, 3.63) is 42.6 Å². The van der Waals surface area contributed by atoms with Gasteiger partial charge in [-0.2, -0.15) is 0 Å². The second-order valence-corrected chi connectivity index (χ2v) is 2.75. The van der Waals surface area contributed by atoms with Crippen molar-refractivity contribution in [1.29, 1.82) is 0 Å². The molecule has 2 heteroatoms. The van der Waals surface area contributed by atoms with Crippen LogP contribution in [0.3, 0.4) is 0 Å². The van der Waals surface area contributed by atoms with E-state index in [1.54, 1.807) is 6.20 Å². The minimum Gasteiger partial charge on any atom is -0.340 e. The van der Waals surface area contributed by atoms with Crippen LogP contribution in [0.25, 0.3) is 0 Å². The smallest absolute Gasteiger partial charge is 0.184 e. The highest BCUT2D eigenvalue weighted by Crippen LogP contribution is 2.26. The first kappa shape index (κ1) is 7.10. The van der Waals surface area contributed by atoms with Crippen molar-refractivity contribution in [3.8, 4) is 0 Å². The van der Waals surface area contributed by atoms with Crippen LogP contribution in [0.2, 0.25) is 0 Å². The Labute approximate surface area is 71.1 Å². The zero-order valence-corrected chi connectivity index (χ0v) is 6.66. The third-order valence-corrected chi connectivity index (χ3v) is 2.05. The molecule has 0 aromatic heterocycles. The molecule has 1 aliphatic rings. The van der Waals surface area contributed by atoms with Gasteiger partial charge in [-0.15, -0.1) is 0 Å². The van der Waals surface area contributed by atoms with Crippen LogP contribution >= 0.6 is 0 Å². The number of fused-ring (bicyclic) bond motifs is 1. The van der Waals surface area contributed by atoms with Gasteiger partial charge in [-0.3, -0.25) is 4.79 Å². The van der Waals surface area contributed by atoms with Gasteiger partial charge in [-0.25, -0.2) is 0 Å². The van der Waals surface area contributed by atoms with E-state index < -0.39 is 0 Å². The Balaban J connectivity index is 2.57. The Hall–Kier alpha value is -1.57. The van der Waals surface area contributed by atoms with Gasteiger partial charge < -0.3 is 4.90 Å². The molecule has 0 unspecified atom stereocenters. The number of para-hydroxylation sites is 1. The molecule has 0 fully saturated rings. The number of Topliss-reactive ketones (excluding diaryl/α,β-unsaturated/α-hetero) is 1. The molecule has 0 spiro atoms. The van der Waals surface area contributed by atoms with Crippen molar-refractivity contribution in [2.24, 2.45) is 0 Å². The van der Waals surface area contributed by atoms with Crippen LogP contribution < -0.4 is 4.90 Å². The fraction of sp³-hybridized carbons (Fsp3) is 0.100. The Bertz CT molecular complexity index is 343. The summed E-state index contributed by atoms with van der Waals surface area (Å²) in [6, 6.07) is 7.58. The molecule has 0 saturated carbocycles. The van der Waals surface area contributed by atoms with Crippen LogP contribution in [0.15, 0.2) is 37.0 Å². The summed E-state index contributed by atoms with van der Waals surface area (Å²) in [4.78, 5) is 13.2. The largest absolute Gasteiger partial charge is 0.340 e. The van der Waals surface area contributed by atoms with Gasteiger partial charge in [-0.1, -0.05) is 18.7 Å². The third-order valence-electron chi connectivity index (χ3n) is 2.05. The van der Waals surface area contributed by atoms with E-state index in [4.69, 9.17) is 0 Å². The summed E-state index contributed by atoms with van der Waals surface area (Å²) in [5.74, 6) is 0.172. The third kappa shape index (κ3) is 0.848. The normalized spacial score (nSPS) is 14.7. The Morgan fingerprint density at radius 2 is 2.17 bits per heavy atom. The molecule has 0 saturated heterocycles. The number of benzene rings is 1. The lowest BCUT2D eigenvalue weighted by atomic mass is 10.1. The summed E-state index contributed by atoms with van der Waals surface area (Å²) in [5.41, 5.74) is 1.77. The van der Waals surface area contributed by atoms with Crippen molar-refractivity contribution >= 4 is 11.5 Å². The average Bonchev–Trinajstić information content (AvgIpc) is 2.44. The summed E-state index contributed by atoms with van der Waals surface area (Å²) < 4.78 is 0. The van der Waals surface area contributed by atoms with Gasteiger partial charge in [0.15, 0.2) is 5.78 Å². The summed E-state index contributed by atoms with van der Waals surface area (Å²) in [7, 11) is 0. The number of hydrogen-bond acceptors (Lipinski definition) is 2. The molecule has 1 aromatic rings. The molecule has 2 nitrogen and oxygen atoms in total. The van der Waals surface area contributed by atoms with Crippen molar-refractivity contribution in [1.82, 2.24) is 0 Å². The minimum atomic E-state index is 0.172. The van der Waals surface area contributed by atoms with Crippen LogP contribution in [0, 0.1) is 0 Å². The van der Waals surface area contributed by atoms with Gasteiger partial charge in [0.2, 0.25) is 0 Å². The Kier molecular flexibility index (Phi) is 1.47. The van der Waals surface area contributed by atoms with Gasteiger partial charge in [0, 0.05) is 5.56 Å². The second-order valence-electron chi connectivity index (χ2n) is 2.75. The van der Waals surface area contributed by atoms with Crippen molar-refractivity contribution in [2.75, 3.05) is 11.4 Å². The quantitative estimate of drug-likeness (QED) is 0.623. The molecule has 12 heavy (non-hydrogen) atoms. The molecule has 0 N–H and O–H groups in total. The highest BCUT2D eigenvalue weighted by Gasteiger charge is 2.23. The maximum Gasteiger partial charge on any atom is 0.184 e. The number of carbonyl (C=O) groups excluding carboxylic acids is 1. The number of hydrogen-bond donors (Lipinski definition) is 0. The molecule has 1 aromatic carbocycles. The SMILES string of the molecule is C=CN1CC(=O)c2ccccc21. The summed E-state index contributed by atoms with van der Waals surface area (Å²) in [6.45, 7) is 4.08. The molecule has 0 aliphatic carbocycles. The van der Waals surface area contributed by atoms with E-state index in [1.165, 1.54) is 0 Å². The first-order chi connectivity index (χ1) is 5.83. The van der Waals surface area contributed by atoms with E-state index in [-0.39, 0.29) is 5.78 Å². The van der Waals surface area contributed by atoms with Crippen LogP contribution in [0.4, 0.5) is 5.69 Å². The first-order valence-corrected chi connectivity index (χ1v) is 3.84. The molecular weight excluding hydrogens is 150 g/mol. The number of ketones is 1. The maximum atomic E-state index is 11.3. The predicted octanol–water partition coefficient (Wildman–Crippen LogP) is 1.83. The molecule has 0 amide bonds. The summed E-state index contributed by atoms with van der Waals surface area (Å²) in [5, 5.41) is 0. The molecule has 1 aliphatic heterocycles. The van der Waals surface area contributed by atoms with Gasteiger partial charge >= 0.3 is 0 Å². The van der Waals surface area contributed by atoms with Crippen LogP contribution in [0.1, 0.15) is 10.4 Å². The van der Waals surface area contributed by atoms with Crippen LogP contribution in [-0.2, 0) is 0 Å². The van der Waals surface area contributed by atoms with Gasteiger partial charge in [0.05, 0.1) is 12.2 Å². The Morgan fingerprint density at radius 3 is 2.92 bits per heavy atom. The lowest BCUT2D eigenvalue weighted by Gasteiger charge is -2.10. The van der Waals surface area contributed by atoms with Crippen LogP contribution in [-0.4, -0.2) is 12.3 Å². The molecule has 2 rings (SSSR count). The van der Waals surface area contributed by atoms with Crippen LogP contribution in [0.5, 0.6) is 0 Å². The van der Waals surface area contributed by atoms with E-state index in [2.05, 4.69) is 6.58 Å². The summed E-state index contributed by atoms with van der Waals surface area (Å²) in [6.07, 6.45) is 1.68. The lowest BCUT2D eigenvalue weighted by Crippen LogP contribution is -2.14. The van der Waals surface area contributed by atoms with E-state index in [1.807, 2.05) is 29.2 Å². The average molecular weight is 159 g/mol. The standard InChI is InChI=1S/C10H9NO/c1-2-11-7-10(12)8-5-3-4-6-9(8)11/h2-6H,1,7H2. The highest BCUT2D eigenvalue weighted by atomic mass is 16.1. The first-order valence-electron chi connectivity index (χ1n) is 3.84. The van der Waals surface area contributed by atoms with E-state index in [0.717, 1.165) is 11.3 Å². The zero-order valence-electron chi connectivity index (χ0n) is 6.66. The van der Waals surface area contributed by atoms with Gasteiger partial charge in [-0.05, 0) is 18.3 Å². The summed E-state index contributed by atoms with van der Waals surface area (Å²) >= 11 is 0. The van der Waals surface area contributed by atoms with E-state index >= 15 is 0 Å². The van der Waals surface area contributed by atoms with E-state index in [9.17, 15) is 4.79 Å². The van der Waals surface area contributed by atoms with Crippen molar-refractivity contribution in [2.45, 2.75) is 0 Å². The second kappa shape index (κ2) is 2.48. The van der Waals surface area contributed by atoms with Crippen molar-refractivity contribution in [3.63, 3.8) is 0 Å². The fourth-order valence-electron chi connectivity index (χ4n) is 1.45. The number of carbonyl (C=O) groups is 1. The van der Waals surface area contributed by atoms with Gasteiger partial charge in [0.1, 0.15) is 0 Å². The van der Waals surface area contributed by atoms with Gasteiger partial charge in [0.25, 0.3) is 0 Å². The molecule has 0 radical (unpaired) electrons. The van der Waals surface area contributed by atoms with E-state index in [0.29, 0.717) is 6.54 Å². The number of anilines is 1.